The normalized spacial score (nSPS) is 10.4. The Hall–Kier alpha value is -4.86. The maximum Gasteiger partial charge on any atom is 0.310 e. The number of anilines is 3. The van der Waals surface area contributed by atoms with E-state index in [-0.39, 0.29) is 18.0 Å². The van der Waals surface area contributed by atoms with Gasteiger partial charge in [-0.05, 0) is 48.9 Å². The first-order valence-corrected chi connectivity index (χ1v) is 10.3. The van der Waals surface area contributed by atoms with Crippen LogP contribution in [0.2, 0.25) is 0 Å². The number of pyridine rings is 1. The zero-order valence-corrected chi connectivity index (χ0v) is 18.1. The Kier molecular flexibility index (Phi) is 6.68. The molecule has 0 aliphatic carbocycles. The van der Waals surface area contributed by atoms with Crippen LogP contribution in [-0.4, -0.2) is 32.4 Å². The Morgan fingerprint density at radius 2 is 1.94 bits per heavy atom. The summed E-state index contributed by atoms with van der Waals surface area (Å²) in [5.41, 5.74) is 3.54. The highest BCUT2D eigenvalue weighted by Crippen LogP contribution is 2.26. The van der Waals surface area contributed by atoms with Crippen molar-refractivity contribution in [3.8, 4) is 17.0 Å². The highest BCUT2D eigenvalue weighted by atomic mass is 16.6. The number of nitro groups is 1. The van der Waals surface area contributed by atoms with Crippen molar-refractivity contribution in [2.75, 3.05) is 17.2 Å². The smallest absolute Gasteiger partial charge is 0.310 e. The fourth-order valence-electron chi connectivity index (χ4n) is 3.12. The van der Waals surface area contributed by atoms with Gasteiger partial charge in [0.1, 0.15) is 0 Å². The van der Waals surface area contributed by atoms with E-state index in [1.807, 2.05) is 25.1 Å². The van der Waals surface area contributed by atoms with Gasteiger partial charge in [-0.25, -0.2) is 9.97 Å². The number of nitrogens with zero attached hydrogens (tertiary/aromatic N) is 4. The van der Waals surface area contributed by atoms with Gasteiger partial charge in [-0.1, -0.05) is 18.2 Å². The van der Waals surface area contributed by atoms with Crippen LogP contribution in [0.5, 0.6) is 5.75 Å². The number of ether oxygens (including phenoxy) is 1. The molecule has 2 aromatic carbocycles. The first kappa shape index (κ1) is 22.3. The molecule has 2 aromatic heterocycles. The molecule has 0 radical (unpaired) electrons. The van der Waals surface area contributed by atoms with Crippen molar-refractivity contribution in [2.45, 2.75) is 6.92 Å². The third-order valence-electron chi connectivity index (χ3n) is 4.80. The van der Waals surface area contributed by atoms with Gasteiger partial charge in [0, 0.05) is 41.6 Å². The van der Waals surface area contributed by atoms with E-state index in [1.165, 1.54) is 18.2 Å². The Morgan fingerprint density at radius 1 is 1.09 bits per heavy atom. The molecule has 170 valence electrons. The average molecular weight is 456 g/mol. The lowest BCUT2D eigenvalue weighted by atomic mass is 10.1. The van der Waals surface area contributed by atoms with Crippen LogP contribution in [0.15, 0.2) is 79.3 Å². The van der Waals surface area contributed by atoms with Crippen LogP contribution in [0.4, 0.5) is 23.0 Å². The van der Waals surface area contributed by atoms with Crippen molar-refractivity contribution in [2.24, 2.45) is 0 Å². The van der Waals surface area contributed by atoms with Gasteiger partial charge in [0.25, 0.3) is 5.91 Å². The maximum atomic E-state index is 12.4. The fraction of sp³-hybridized carbons (Fsp3) is 0.0833. The van der Waals surface area contributed by atoms with Crippen LogP contribution < -0.4 is 15.4 Å². The summed E-state index contributed by atoms with van der Waals surface area (Å²) >= 11 is 0. The van der Waals surface area contributed by atoms with Crippen LogP contribution in [0.1, 0.15) is 5.56 Å². The van der Waals surface area contributed by atoms with Gasteiger partial charge in [0.15, 0.2) is 12.4 Å². The summed E-state index contributed by atoms with van der Waals surface area (Å²) in [4.78, 5) is 35.8. The molecule has 10 heteroatoms. The number of hydrogen-bond donors (Lipinski definition) is 2. The van der Waals surface area contributed by atoms with E-state index in [0.717, 1.165) is 16.8 Å². The summed E-state index contributed by atoms with van der Waals surface area (Å²) < 4.78 is 5.34. The number of nitro benzene ring substituents is 1. The first-order valence-electron chi connectivity index (χ1n) is 10.3. The molecule has 0 unspecified atom stereocenters. The van der Waals surface area contributed by atoms with E-state index in [2.05, 4.69) is 25.6 Å². The number of amides is 1. The molecule has 0 bridgehead atoms. The molecule has 0 saturated heterocycles. The number of aryl methyl sites for hydroxylation is 1. The highest BCUT2D eigenvalue weighted by Gasteiger charge is 2.15. The number of benzene rings is 2. The lowest BCUT2D eigenvalue weighted by molar-refractivity contribution is -0.385. The Morgan fingerprint density at radius 3 is 2.74 bits per heavy atom. The topological polar surface area (TPSA) is 132 Å². The van der Waals surface area contributed by atoms with Gasteiger partial charge in [-0.15, -0.1) is 0 Å². The van der Waals surface area contributed by atoms with E-state index >= 15 is 0 Å². The number of hydrogen-bond acceptors (Lipinski definition) is 8. The van der Waals surface area contributed by atoms with Gasteiger partial charge < -0.3 is 15.4 Å². The predicted octanol–water partition coefficient (Wildman–Crippen LogP) is 4.52. The minimum absolute atomic E-state index is 0.0274. The minimum Gasteiger partial charge on any atom is -0.477 e. The van der Waals surface area contributed by atoms with E-state index in [1.54, 1.807) is 42.9 Å². The third-order valence-corrected chi connectivity index (χ3v) is 4.80. The molecule has 0 aliphatic rings. The van der Waals surface area contributed by atoms with Crippen LogP contribution in [0, 0.1) is 17.0 Å². The number of nitrogens with one attached hydrogen (secondary N) is 2. The third kappa shape index (κ3) is 5.49. The number of rotatable bonds is 8. The summed E-state index contributed by atoms with van der Waals surface area (Å²) in [5, 5.41) is 17.0. The maximum absolute atomic E-state index is 12.4. The number of carbonyl (C=O) groups is 1. The zero-order valence-electron chi connectivity index (χ0n) is 18.1. The predicted molar refractivity (Wildman–Crippen MR) is 127 cm³/mol. The van der Waals surface area contributed by atoms with Crippen LogP contribution in [0.25, 0.3) is 11.3 Å². The van der Waals surface area contributed by atoms with E-state index in [4.69, 9.17) is 4.74 Å². The van der Waals surface area contributed by atoms with Crippen LogP contribution >= 0.6 is 0 Å². The summed E-state index contributed by atoms with van der Waals surface area (Å²) in [5.74, 6) is -0.0324. The molecule has 0 fully saturated rings. The highest BCUT2D eigenvalue weighted by molar-refractivity contribution is 5.92. The fourth-order valence-corrected chi connectivity index (χ4v) is 3.12. The number of aromatic nitrogens is 3. The summed E-state index contributed by atoms with van der Waals surface area (Å²) in [6.45, 7) is 1.54. The molecule has 2 heterocycles. The number of carbonyl (C=O) groups excluding carboxylic acids is 1. The molecule has 0 aliphatic heterocycles. The van der Waals surface area contributed by atoms with Crippen molar-refractivity contribution < 1.29 is 14.5 Å². The molecule has 0 saturated carbocycles. The Labute approximate surface area is 194 Å². The quantitative estimate of drug-likeness (QED) is 0.292. The van der Waals surface area contributed by atoms with Crippen molar-refractivity contribution >= 4 is 28.9 Å². The average Bonchev–Trinajstić information content (AvgIpc) is 2.85. The van der Waals surface area contributed by atoms with E-state index < -0.39 is 10.8 Å². The van der Waals surface area contributed by atoms with Crippen molar-refractivity contribution in [1.29, 1.82) is 0 Å². The molecular weight excluding hydrogens is 436 g/mol. The lowest BCUT2D eigenvalue weighted by Gasteiger charge is -2.12. The molecule has 10 nitrogen and oxygen atoms in total. The van der Waals surface area contributed by atoms with Crippen LogP contribution in [-0.2, 0) is 4.79 Å². The van der Waals surface area contributed by atoms with Gasteiger partial charge in [0.05, 0.1) is 10.6 Å². The van der Waals surface area contributed by atoms with Gasteiger partial charge in [-0.3, -0.25) is 19.9 Å². The van der Waals surface area contributed by atoms with Gasteiger partial charge in [-0.2, -0.15) is 0 Å². The number of para-hydroxylation sites is 2. The summed E-state index contributed by atoms with van der Waals surface area (Å²) in [6.07, 6.45) is 5.07. The Balaban J connectivity index is 1.44. The largest absolute Gasteiger partial charge is 0.477 e. The molecule has 34 heavy (non-hydrogen) atoms. The standard InChI is InChI=1S/C24H20N6O4/c1-16-8-9-18(27-23(31)15-34-22-7-3-2-6-21(22)30(32)33)13-20(16)29-24-26-12-10-19(28-24)17-5-4-11-25-14-17/h2-14H,15H2,1H3,(H,27,31)(H,26,28,29). The van der Waals surface area contributed by atoms with E-state index in [9.17, 15) is 14.9 Å². The second-order valence-electron chi connectivity index (χ2n) is 7.22. The summed E-state index contributed by atoms with van der Waals surface area (Å²) in [6, 6.07) is 16.8. The molecule has 2 N–H and O–H groups in total. The molecule has 0 atom stereocenters. The molecule has 4 aromatic rings. The molecule has 4 rings (SSSR count). The summed E-state index contributed by atoms with van der Waals surface area (Å²) in [7, 11) is 0. The monoisotopic (exact) mass is 456 g/mol. The SMILES string of the molecule is Cc1ccc(NC(=O)COc2ccccc2[N+](=O)[O-])cc1Nc1nccc(-c2cccnc2)n1. The first-order chi connectivity index (χ1) is 16.5. The van der Waals surface area contributed by atoms with Crippen molar-refractivity contribution in [1.82, 2.24) is 15.0 Å². The molecule has 0 spiro atoms. The van der Waals surface area contributed by atoms with Gasteiger partial charge >= 0.3 is 5.69 Å². The van der Waals surface area contributed by atoms with E-state index in [0.29, 0.717) is 17.3 Å². The second-order valence-corrected chi connectivity index (χ2v) is 7.22. The minimum atomic E-state index is -0.559. The van der Waals surface area contributed by atoms with Crippen molar-refractivity contribution in [3.63, 3.8) is 0 Å². The zero-order chi connectivity index (χ0) is 23.9. The lowest BCUT2D eigenvalue weighted by Crippen LogP contribution is -2.20. The van der Waals surface area contributed by atoms with Crippen molar-refractivity contribution in [3.05, 3.63) is 94.9 Å². The molecule has 1 amide bonds. The molecular formula is C24H20N6O4. The Bertz CT molecular complexity index is 1330. The van der Waals surface area contributed by atoms with Crippen LogP contribution in [0.3, 0.4) is 0 Å². The second kappa shape index (κ2) is 10.2. The van der Waals surface area contributed by atoms with Gasteiger partial charge in [0.2, 0.25) is 5.95 Å².